The molecule has 0 atom stereocenters. The highest BCUT2D eigenvalue weighted by Crippen LogP contribution is 2.19. The molecule has 21 heavy (non-hydrogen) atoms. The van der Waals surface area contributed by atoms with Gasteiger partial charge in [0.15, 0.2) is 5.89 Å². The van der Waals surface area contributed by atoms with Gasteiger partial charge in [0.1, 0.15) is 0 Å². The predicted octanol–water partition coefficient (Wildman–Crippen LogP) is 3.17. The van der Waals surface area contributed by atoms with Crippen molar-refractivity contribution in [2.24, 2.45) is 0 Å². The fraction of sp³-hybridized carbons (Fsp3) is 0.214. The largest absolute Gasteiger partial charge is 0.461 e. The molecule has 0 fully saturated rings. The minimum Gasteiger partial charge on any atom is -0.461 e. The van der Waals surface area contributed by atoms with E-state index < -0.39 is 11.9 Å². The maximum atomic E-state index is 12.1. The number of carbonyl (C=O) groups excluding carboxylic acids is 2. The quantitative estimate of drug-likeness (QED) is 0.854. The van der Waals surface area contributed by atoms with Gasteiger partial charge >= 0.3 is 5.97 Å². The number of amides is 1. The zero-order chi connectivity index (χ0) is 15.4. The smallest absolute Gasteiger partial charge is 0.362 e. The van der Waals surface area contributed by atoms with E-state index in [4.69, 9.17) is 9.15 Å². The number of anilines is 1. The lowest BCUT2D eigenvalue weighted by atomic mass is 10.2. The van der Waals surface area contributed by atoms with E-state index in [1.54, 1.807) is 38.1 Å². The number of hydrogen-bond acceptors (Lipinski definition) is 5. The van der Waals surface area contributed by atoms with Gasteiger partial charge in [0.25, 0.3) is 5.91 Å². The van der Waals surface area contributed by atoms with Crippen LogP contribution in [-0.2, 0) is 4.74 Å². The topological polar surface area (TPSA) is 81.4 Å². The van der Waals surface area contributed by atoms with E-state index in [1.807, 2.05) is 0 Å². The molecule has 1 N–H and O–H groups in total. The van der Waals surface area contributed by atoms with Crippen molar-refractivity contribution in [2.75, 3.05) is 11.9 Å². The summed E-state index contributed by atoms with van der Waals surface area (Å²) in [5.74, 6) is -0.785. The summed E-state index contributed by atoms with van der Waals surface area (Å²) in [6.07, 6.45) is 0. The predicted molar refractivity (Wildman–Crippen MR) is 79.3 cm³/mol. The van der Waals surface area contributed by atoms with Crippen molar-refractivity contribution in [3.63, 3.8) is 0 Å². The molecule has 0 unspecified atom stereocenters. The number of oxazole rings is 1. The molecule has 0 aliphatic rings. The van der Waals surface area contributed by atoms with Crippen LogP contribution in [-0.4, -0.2) is 23.5 Å². The van der Waals surface area contributed by atoms with Gasteiger partial charge in [-0.1, -0.05) is 15.9 Å². The molecule has 2 rings (SSSR count). The molecule has 0 radical (unpaired) electrons. The Bertz CT molecular complexity index is 664. The number of nitrogens with one attached hydrogen (secondary N) is 1. The average Bonchev–Trinajstić information content (AvgIpc) is 2.80. The van der Waals surface area contributed by atoms with E-state index in [1.165, 1.54) is 0 Å². The molecule has 0 bridgehead atoms. The third-order valence-corrected chi connectivity index (χ3v) is 3.07. The number of carbonyl (C=O) groups is 2. The Balaban J connectivity index is 2.21. The molecule has 1 aromatic heterocycles. The highest BCUT2D eigenvalue weighted by molar-refractivity contribution is 9.10. The van der Waals surface area contributed by atoms with Crippen LogP contribution >= 0.6 is 15.9 Å². The Morgan fingerprint density at radius 2 is 2.00 bits per heavy atom. The molecular formula is C14H13BrN2O4. The van der Waals surface area contributed by atoms with Crippen LogP contribution in [0.25, 0.3) is 0 Å². The minimum absolute atomic E-state index is 0.0149. The molecule has 1 aromatic carbocycles. The molecule has 1 heterocycles. The molecule has 0 saturated carbocycles. The number of nitrogens with zero attached hydrogens (tertiary/aromatic N) is 1. The molecule has 2 aromatic rings. The van der Waals surface area contributed by atoms with Gasteiger partial charge in [-0.15, -0.1) is 0 Å². The van der Waals surface area contributed by atoms with Gasteiger partial charge in [0.05, 0.1) is 6.61 Å². The Kier molecular flexibility index (Phi) is 4.74. The number of aromatic nitrogens is 1. The Labute approximate surface area is 129 Å². The van der Waals surface area contributed by atoms with Crippen molar-refractivity contribution in [3.05, 3.63) is 45.9 Å². The number of halogens is 1. The highest BCUT2D eigenvalue weighted by atomic mass is 79.9. The lowest BCUT2D eigenvalue weighted by Gasteiger charge is -2.04. The average molecular weight is 353 g/mol. The molecule has 7 heteroatoms. The van der Waals surface area contributed by atoms with Crippen LogP contribution in [0, 0.1) is 6.92 Å². The van der Waals surface area contributed by atoms with Gasteiger partial charge in [0.2, 0.25) is 11.6 Å². The fourth-order valence-corrected chi connectivity index (χ4v) is 1.89. The van der Waals surface area contributed by atoms with Crippen molar-refractivity contribution in [2.45, 2.75) is 13.8 Å². The second kappa shape index (κ2) is 6.53. The number of benzene rings is 1. The van der Waals surface area contributed by atoms with Crippen LogP contribution < -0.4 is 5.32 Å². The number of ether oxygens (including phenoxy) is 1. The SMILES string of the molecule is CCOC(=O)c1nc(C)oc1NC(=O)c1ccc(Br)cc1. The molecule has 0 spiro atoms. The first-order valence-corrected chi connectivity index (χ1v) is 7.02. The molecular weight excluding hydrogens is 340 g/mol. The first kappa shape index (κ1) is 15.2. The normalized spacial score (nSPS) is 10.2. The number of aryl methyl sites for hydroxylation is 1. The van der Waals surface area contributed by atoms with Crippen molar-refractivity contribution in [1.82, 2.24) is 4.98 Å². The lowest BCUT2D eigenvalue weighted by Crippen LogP contribution is -2.15. The number of hydrogen-bond donors (Lipinski definition) is 1. The summed E-state index contributed by atoms with van der Waals surface area (Å²) in [5.41, 5.74) is 0.391. The molecule has 0 aliphatic carbocycles. The van der Waals surface area contributed by atoms with Gasteiger partial charge in [-0.05, 0) is 31.2 Å². The van der Waals surface area contributed by atoms with Crippen LogP contribution in [0.1, 0.15) is 33.7 Å². The van der Waals surface area contributed by atoms with E-state index in [0.717, 1.165) is 4.47 Å². The number of esters is 1. The van der Waals surface area contributed by atoms with E-state index in [9.17, 15) is 9.59 Å². The summed E-state index contributed by atoms with van der Waals surface area (Å²) < 4.78 is 11.0. The lowest BCUT2D eigenvalue weighted by molar-refractivity contribution is 0.0521. The summed E-state index contributed by atoms with van der Waals surface area (Å²) in [6, 6.07) is 6.78. The third-order valence-electron chi connectivity index (χ3n) is 2.54. The van der Waals surface area contributed by atoms with Crippen molar-refractivity contribution in [3.8, 4) is 0 Å². The minimum atomic E-state index is -0.638. The first-order valence-electron chi connectivity index (χ1n) is 6.22. The summed E-state index contributed by atoms with van der Waals surface area (Å²) in [7, 11) is 0. The van der Waals surface area contributed by atoms with Crippen LogP contribution in [0.3, 0.4) is 0 Å². The van der Waals surface area contributed by atoms with E-state index in [0.29, 0.717) is 5.56 Å². The molecule has 110 valence electrons. The Morgan fingerprint density at radius 3 is 2.62 bits per heavy atom. The van der Waals surface area contributed by atoms with Crippen molar-refractivity contribution >= 4 is 33.7 Å². The fourth-order valence-electron chi connectivity index (χ4n) is 1.63. The van der Waals surface area contributed by atoms with Crippen LogP contribution in [0.5, 0.6) is 0 Å². The Hall–Kier alpha value is -2.15. The van der Waals surface area contributed by atoms with Crippen LogP contribution in [0.15, 0.2) is 33.2 Å². The van der Waals surface area contributed by atoms with Gasteiger partial charge in [-0.25, -0.2) is 9.78 Å². The maximum absolute atomic E-state index is 12.1. The summed E-state index contributed by atoms with van der Waals surface area (Å²) in [5, 5.41) is 2.52. The second-order valence-corrected chi connectivity index (χ2v) is 5.01. The van der Waals surface area contributed by atoms with Crippen LogP contribution in [0.2, 0.25) is 0 Å². The van der Waals surface area contributed by atoms with Gasteiger partial charge in [-0.3, -0.25) is 10.1 Å². The zero-order valence-electron chi connectivity index (χ0n) is 11.5. The second-order valence-electron chi connectivity index (χ2n) is 4.09. The molecule has 0 aliphatic heterocycles. The number of rotatable bonds is 4. The van der Waals surface area contributed by atoms with Gasteiger partial charge in [-0.2, -0.15) is 0 Å². The van der Waals surface area contributed by atoms with Crippen molar-refractivity contribution < 1.29 is 18.7 Å². The van der Waals surface area contributed by atoms with Crippen molar-refractivity contribution in [1.29, 1.82) is 0 Å². The standard InChI is InChI=1S/C14H13BrN2O4/c1-3-20-14(19)11-13(21-8(2)16-11)17-12(18)9-4-6-10(15)7-5-9/h4-7H,3H2,1-2H3,(H,17,18). The van der Waals surface area contributed by atoms with Gasteiger partial charge in [0, 0.05) is 17.0 Å². The summed E-state index contributed by atoms with van der Waals surface area (Å²) in [4.78, 5) is 27.8. The molecule has 0 saturated heterocycles. The highest BCUT2D eigenvalue weighted by Gasteiger charge is 2.22. The Morgan fingerprint density at radius 1 is 1.33 bits per heavy atom. The summed E-state index contributed by atoms with van der Waals surface area (Å²) in [6.45, 7) is 3.48. The van der Waals surface area contributed by atoms with Gasteiger partial charge < -0.3 is 9.15 Å². The van der Waals surface area contributed by atoms with E-state index in [2.05, 4.69) is 26.2 Å². The van der Waals surface area contributed by atoms with Crippen LogP contribution in [0.4, 0.5) is 5.88 Å². The molecule has 6 nitrogen and oxygen atoms in total. The summed E-state index contributed by atoms with van der Waals surface area (Å²) >= 11 is 3.29. The zero-order valence-corrected chi connectivity index (χ0v) is 13.1. The molecule has 1 amide bonds. The monoisotopic (exact) mass is 352 g/mol. The van der Waals surface area contributed by atoms with E-state index in [-0.39, 0.29) is 24.1 Å². The maximum Gasteiger partial charge on any atom is 0.362 e. The first-order chi connectivity index (χ1) is 10.0. The van der Waals surface area contributed by atoms with E-state index >= 15 is 0 Å². The third kappa shape index (κ3) is 3.69.